The number of benzene rings is 11. The molecule has 0 unspecified atom stereocenters. The van der Waals surface area contributed by atoms with Crippen molar-refractivity contribution in [2.24, 2.45) is 0 Å². The molecule has 13 rings (SSSR count). The van der Waals surface area contributed by atoms with Gasteiger partial charge < -0.3 is 13.9 Å². The molecule has 0 amide bonds. The molecule has 0 saturated carbocycles. The Hall–Kier alpha value is -8.66. The predicted octanol–water partition coefficient (Wildman–Crippen LogP) is 17.5. The predicted molar refractivity (Wildman–Crippen MR) is 274 cm³/mol. The summed E-state index contributed by atoms with van der Waals surface area (Å²) in [6.07, 6.45) is 0. The van der Waals surface area contributed by atoms with Crippen LogP contribution in [0.4, 0.5) is 17.1 Å². The zero-order valence-electron chi connectivity index (χ0n) is 35.4. The molecule has 65 heavy (non-hydrogen) atoms. The summed E-state index contributed by atoms with van der Waals surface area (Å²) >= 11 is 0. The highest BCUT2D eigenvalue weighted by Crippen LogP contribution is 2.42. The van der Waals surface area contributed by atoms with Crippen LogP contribution in [0.3, 0.4) is 0 Å². The lowest BCUT2D eigenvalue weighted by molar-refractivity contribution is 0.673. The van der Waals surface area contributed by atoms with Gasteiger partial charge in [-0.1, -0.05) is 170 Å². The van der Waals surface area contributed by atoms with Crippen molar-refractivity contribution < 1.29 is 4.42 Å². The third kappa shape index (κ3) is 6.12. The molecular weight excluding hydrogens is 789 g/mol. The maximum absolute atomic E-state index is 6.57. The minimum atomic E-state index is 0.894. The van der Waals surface area contributed by atoms with E-state index in [1.54, 1.807) is 0 Å². The lowest BCUT2D eigenvalue weighted by atomic mass is 9.98. The molecule has 304 valence electrons. The smallest absolute Gasteiger partial charge is 0.143 e. The quantitative estimate of drug-likeness (QED) is 0.160. The Morgan fingerprint density at radius 2 is 0.785 bits per heavy atom. The Kier molecular flexibility index (Phi) is 8.53. The van der Waals surface area contributed by atoms with Crippen LogP contribution in [0.2, 0.25) is 0 Å². The van der Waals surface area contributed by atoms with Crippen molar-refractivity contribution >= 4 is 82.4 Å². The van der Waals surface area contributed by atoms with Crippen LogP contribution in [-0.2, 0) is 0 Å². The number of anilines is 3. The number of furan rings is 1. The van der Waals surface area contributed by atoms with Crippen molar-refractivity contribution in [1.29, 1.82) is 0 Å². The first-order valence-electron chi connectivity index (χ1n) is 22.2. The van der Waals surface area contributed by atoms with Crippen LogP contribution in [0.25, 0.3) is 104 Å². The highest BCUT2D eigenvalue weighted by Gasteiger charge is 2.18. The molecule has 3 heteroatoms. The average molecular weight is 829 g/mol. The third-order valence-corrected chi connectivity index (χ3v) is 13.2. The summed E-state index contributed by atoms with van der Waals surface area (Å²) in [7, 11) is 0. The van der Waals surface area contributed by atoms with Crippen LogP contribution in [0.5, 0.6) is 0 Å². The molecule has 13 aromatic rings. The van der Waals surface area contributed by atoms with E-state index in [1.807, 2.05) is 0 Å². The van der Waals surface area contributed by atoms with Crippen molar-refractivity contribution in [3.63, 3.8) is 0 Å². The molecule has 0 bridgehead atoms. The van der Waals surface area contributed by atoms with Gasteiger partial charge in [-0.05, 0) is 117 Å². The maximum Gasteiger partial charge on any atom is 0.143 e. The van der Waals surface area contributed by atoms with Gasteiger partial charge in [-0.2, -0.15) is 0 Å². The first-order chi connectivity index (χ1) is 32.2. The van der Waals surface area contributed by atoms with Gasteiger partial charge in [0.1, 0.15) is 11.2 Å². The summed E-state index contributed by atoms with van der Waals surface area (Å²) in [4.78, 5) is 2.35. The van der Waals surface area contributed by atoms with Gasteiger partial charge >= 0.3 is 0 Å². The molecule has 0 saturated heterocycles. The lowest BCUT2D eigenvalue weighted by Gasteiger charge is -2.26. The summed E-state index contributed by atoms with van der Waals surface area (Å²) < 4.78 is 8.98. The Morgan fingerprint density at radius 3 is 1.46 bits per heavy atom. The fourth-order valence-electron chi connectivity index (χ4n) is 10.1. The summed E-state index contributed by atoms with van der Waals surface area (Å²) in [5.41, 5.74) is 15.6. The van der Waals surface area contributed by atoms with Gasteiger partial charge in [-0.25, -0.2) is 0 Å². The molecule has 0 atom stereocenters. The Bertz CT molecular complexity index is 3870. The van der Waals surface area contributed by atoms with Crippen LogP contribution < -0.4 is 4.90 Å². The number of nitrogens with zero attached hydrogens (tertiary/aromatic N) is 2. The first-order valence-corrected chi connectivity index (χ1v) is 22.2. The van der Waals surface area contributed by atoms with Gasteiger partial charge in [0, 0.05) is 49.6 Å². The van der Waals surface area contributed by atoms with Crippen molar-refractivity contribution in [2.75, 3.05) is 4.90 Å². The van der Waals surface area contributed by atoms with Gasteiger partial charge in [-0.15, -0.1) is 0 Å². The molecule has 0 fully saturated rings. The second-order valence-corrected chi connectivity index (χ2v) is 16.9. The van der Waals surface area contributed by atoms with E-state index in [4.69, 9.17) is 4.42 Å². The number of fused-ring (bicyclic) bond motifs is 9. The number of hydrogen-bond donors (Lipinski definition) is 0. The lowest BCUT2D eigenvalue weighted by Crippen LogP contribution is -2.09. The number of rotatable bonds is 7. The normalized spacial score (nSPS) is 11.7. The van der Waals surface area contributed by atoms with Crippen LogP contribution >= 0.6 is 0 Å². The summed E-state index contributed by atoms with van der Waals surface area (Å²) in [6, 6.07) is 87.6. The van der Waals surface area contributed by atoms with Gasteiger partial charge in [0.05, 0.1) is 16.7 Å². The molecule has 0 aliphatic heterocycles. The molecule has 0 N–H and O–H groups in total. The van der Waals surface area contributed by atoms with Crippen LogP contribution in [0.1, 0.15) is 0 Å². The summed E-state index contributed by atoms with van der Waals surface area (Å²) in [6.45, 7) is 0. The molecule has 11 aromatic carbocycles. The van der Waals surface area contributed by atoms with Crippen LogP contribution in [0, 0.1) is 0 Å². The third-order valence-electron chi connectivity index (χ3n) is 13.2. The van der Waals surface area contributed by atoms with E-state index in [0.717, 1.165) is 66.8 Å². The zero-order valence-corrected chi connectivity index (χ0v) is 35.4. The second kappa shape index (κ2) is 15.0. The van der Waals surface area contributed by atoms with Crippen molar-refractivity contribution in [3.8, 4) is 39.1 Å². The minimum Gasteiger partial charge on any atom is -0.455 e. The molecule has 3 nitrogen and oxygen atoms in total. The van der Waals surface area contributed by atoms with Gasteiger partial charge in [0.25, 0.3) is 0 Å². The Labute approximate surface area is 376 Å². The number of aromatic nitrogens is 1. The van der Waals surface area contributed by atoms with Crippen molar-refractivity contribution in [2.45, 2.75) is 0 Å². The Balaban J connectivity index is 0.897. The average Bonchev–Trinajstić information content (AvgIpc) is 3.93. The summed E-state index contributed by atoms with van der Waals surface area (Å²) in [5, 5.41) is 9.59. The van der Waals surface area contributed by atoms with E-state index in [0.29, 0.717) is 0 Å². The van der Waals surface area contributed by atoms with Gasteiger partial charge in [0.2, 0.25) is 0 Å². The highest BCUT2D eigenvalue weighted by molar-refractivity contribution is 6.15. The highest BCUT2D eigenvalue weighted by atomic mass is 16.3. The molecule has 0 aliphatic carbocycles. The standard InChI is InChI=1S/C62H40N2O/c1-3-15-50-42(12-1)14-11-20-51(50)44-26-34-48(35-27-44)63(47-32-24-41(25-33-47)46-31-38-56-57-39-30-43-13-2-4-17-53(43)62(57)65-61(56)40-46)49-36-28-45(29-37-49)52-16-5-8-21-58(52)64-59-22-9-6-18-54(59)55-19-7-10-23-60(55)64/h1-40H. The van der Waals surface area contributed by atoms with E-state index in [2.05, 4.69) is 252 Å². The SMILES string of the molecule is c1ccc(-n2c3ccccc3c3ccccc32)c(-c2ccc(N(c3ccc(-c4ccc5c(c4)oc4c6ccccc6ccc54)cc3)c3ccc(-c4cccc5ccccc45)cc3)cc2)c1. The van der Waals surface area contributed by atoms with Crippen LogP contribution in [-0.4, -0.2) is 4.57 Å². The second-order valence-electron chi connectivity index (χ2n) is 16.9. The van der Waals surface area contributed by atoms with E-state index >= 15 is 0 Å². The molecule has 0 spiro atoms. The van der Waals surface area contributed by atoms with Crippen molar-refractivity contribution in [3.05, 3.63) is 243 Å². The number of para-hydroxylation sites is 3. The molecular formula is C62H40N2O. The Morgan fingerprint density at radius 1 is 0.308 bits per heavy atom. The minimum absolute atomic E-state index is 0.894. The number of hydrogen-bond acceptors (Lipinski definition) is 2. The molecule has 2 aromatic heterocycles. The summed E-state index contributed by atoms with van der Waals surface area (Å²) in [5.74, 6) is 0. The van der Waals surface area contributed by atoms with Crippen LogP contribution in [0.15, 0.2) is 247 Å². The van der Waals surface area contributed by atoms with Crippen molar-refractivity contribution in [1.82, 2.24) is 4.57 Å². The molecule has 2 heterocycles. The maximum atomic E-state index is 6.57. The van der Waals surface area contributed by atoms with E-state index < -0.39 is 0 Å². The largest absolute Gasteiger partial charge is 0.455 e. The van der Waals surface area contributed by atoms with Gasteiger partial charge in [0.15, 0.2) is 0 Å². The molecule has 0 aliphatic rings. The van der Waals surface area contributed by atoms with E-state index in [-0.39, 0.29) is 0 Å². The topological polar surface area (TPSA) is 21.3 Å². The van der Waals surface area contributed by atoms with Gasteiger partial charge in [-0.3, -0.25) is 0 Å². The fourth-order valence-corrected chi connectivity index (χ4v) is 10.1. The fraction of sp³-hybridized carbons (Fsp3) is 0. The van der Waals surface area contributed by atoms with E-state index in [1.165, 1.54) is 54.7 Å². The molecule has 0 radical (unpaired) electrons. The van der Waals surface area contributed by atoms with E-state index in [9.17, 15) is 0 Å². The first kappa shape index (κ1) is 36.9. The monoisotopic (exact) mass is 828 g/mol. The zero-order chi connectivity index (χ0) is 42.8.